The van der Waals surface area contributed by atoms with Crippen LogP contribution < -0.4 is 5.32 Å². The van der Waals surface area contributed by atoms with Gasteiger partial charge in [-0.2, -0.15) is 0 Å². The first-order valence-corrected chi connectivity index (χ1v) is 5.95. The van der Waals surface area contributed by atoms with E-state index in [1.165, 1.54) is 12.1 Å². The van der Waals surface area contributed by atoms with E-state index in [1.807, 2.05) is 13.1 Å². The molecule has 0 saturated carbocycles. The second kappa shape index (κ2) is 4.80. The number of aromatic nitrogens is 1. The van der Waals surface area contributed by atoms with Crippen molar-refractivity contribution in [1.82, 2.24) is 4.98 Å². The van der Waals surface area contributed by atoms with Crippen LogP contribution in [-0.4, -0.2) is 4.98 Å². The number of rotatable bonds is 3. The molecule has 5 heteroatoms. The van der Waals surface area contributed by atoms with Gasteiger partial charge in [-0.1, -0.05) is 11.6 Å². The first-order valence-electron chi connectivity index (χ1n) is 4.75. The smallest absolute Gasteiger partial charge is 0.143 e. The highest BCUT2D eigenvalue weighted by atomic mass is 35.5. The third-order valence-electron chi connectivity index (χ3n) is 2.06. The second-order valence-corrected chi connectivity index (χ2v) is 5.05. The first kappa shape index (κ1) is 11.4. The van der Waals surface area contributed by atoms with Crippen molar-refractivity contribution in [3.8, 4) is 0 Å². The molecular formula is C11H10ClFN2S. The van der Waals surface area contributed by atoms with Crippen LogP contribution in [0.25, 0.3) is 0 Å². The molecule has 1 heterocycles. The molecule has 0 unspecified atom stereocenters. The highest BCUT2D eigenvalue weighted by Gasteiger charge is 2.02. The van der Waals surface area contributed by atoms with Gasteiger partial charge in [0.2, 0.25) is 0 Å². The Morgan fingerprint density at radius 1 is 1.50 bits per heavy atom. The molecule has 0 atom stereocenters. The van der Waals surface area contributed by atoms with Crippen molar-refractivity contribution in [2.45, 2.75) is 13.5 Å². The molecule has 84 valence electrons. The second-order valence-electron chi connectivity index (χ2n) is 3.33. The molecule has 1 aromatic heterocycles. The predicted molar refractivity (Wildman–Crippen MR) is 65.6 cm³/mol. The fourth-order valence-corrected chi connectivity index (χ4v) is 2.13. The zero-order chi connectivity index (χ0) is 11.5. The Morgan fingerprint density at radius 2 is 2.31 bits per heavy atom. The fourth-order valence-electron chi connectivity index (χ4n) is 1.28. The van der Waals surface area contributed by atoms with Crippen molar-refractivity contribution in [2.24, 2.45) is 0 Å². The van der Waals surface area contributed by atoms with Gasteiger partial charge in [0.05, 0.1) is 16.6 Å². The van der Waals surface area contributed by atoms with Crippen LogP contribution in [0, 0.1) is 12.7 Å². The van der Waals surface area contributed by atoms with Gasteiger partial charge in [0.1, 0.15) is 5.82 Å². The van der Waals surface area contributed by atoms with Gasteiger partial charge in [0.25, 0.3) is 0 Å². The third kappa shape index (κ3) is 2.71. The molecule has 0 aliphatic carbocycles. The zero-order valence-electron chi connectivity index (χ0n) is 8.63. The maximum Gasteiger partial charge on any atom is 0.143 e. The first-order chi connectivity index (χ1) is 7.65. The van der Waals surface area contributed by atoms with Crippen LogP contribution in [0.15, 0.2) is 24.4 Å². The minimum Gasteiger partial charge on any atom is -0.380 e. The average molecular weight is 257 g/mol. The zero-order valence-corrected chi connectivity index (χ0v) is 10.2. The standard InChI is InChI=1S/C11H10ClFN2S/c1-7-14-5-9(16-7)6-15-8-2-3-10(12)11(13)4-8/h2-5,15H,6H2,1H3. The molecular weight excluding hydrogens is 247 g/mol. The van der Waals surface area contributed by atoms with Crippen LogP contribution in [0.4, 0.5) is 10.1 Å². The SMILES string of the molecule is Cc1ncc(CNc2ccc(Cl)c(F)c2)s1. The lowest BCUT2D eigenvalue weighted by Crippen LogP contribution is -1.97. The number of nitrogens with one attached hydrogen (secondary N) is 1. The van der Waals surface area contributed by atoms with E-state index >= 15 is 0 Å². The van der Waals surface area contributed by atoms with Crippen molar-refractivity contribution in [2.75, 3.05) is 5.32 Å². The lowest BCUT2D eigenvalue weighted by atomic mass is 10.3. The topological polar surface area (TPSA) is 24.9 Å². The van der Waals surface area contributed by atoms with Crippen LogP contribution in [-0.2, 0) is 6.54 Å². The van der Waals surface area contributed by atoms with Gasteiger partial charge in [-0.25, -0.2) is 9.37 Å². The normalized spacial score (nSPS) is 10.4. The quantitative estimate of drug-likeness (QED) is 0.902. The Labute approximate surface area is 102 Å². The number of benzene rings is 1. The summed E-state index contributed by atoms with van der Waals surface area (Å²) in [4.78, 5) is 5.26. The van der Waals surface area contributed by atoms with Crippen molar-refractivity contribution in [3.63, 3.8) is 0 Å². The molecule has 2 aromatic rings. The van der Waals surface area contributed by atoms with E-state index < -0.39 is 5.82 Å². The number of thiazole rings is 1. The number of hydrogen-bond donors (Lipinski definition) is 1. The summed E-state index contributed by atoms with van der Waals surface area (Å²) in [5, 5.41) is 4.28. The van der Waals surface area contributed by atoms with Crippen LogP contribution >= 0.6 is 22.9 Å². The van der Waals surface area contributed by atoms with E-state index in [1.54, 1.807) is 17.4 Å². The Bertz CT molecular complexity index is 498. The number of nitrogens with zero attached hydrogens (tertiary/aromatic N) is 1. The molecule has 2 rings (SSSR count). The molecule has 0 aliphatic heterocycles. The van der Waals surface area contributed by atoms with Gasteiger partial charge in [0, 0.05) is 16.8 Å². The van der Waals surface area contributed by atoms with Crippen LogP contribution in [0.2, 0.25) is 5.02 Å². The summed E-state index contributed by atoms with van der Waals surface area (Å²) in [5.74, 6) is -0.410. The number of anilines is 1. The summed E-state index contributed by atoms with van der Waals surface area (Å²) >= 11 is 7.21. The van der Waals surface area contributed by atoms with Gasteiger partial charge >= 0.3 is 0 Å². The molecule has 0 amide bonds. The van der Waals surface area contributed by atoms with E-state index in [0.29, 0.717) is 12.2 Å². The Morgan fingerprint density at radius 3 is 2.94 bits per heavy atom. The minimum atomic E-state index is -0.410. The van der Waals surface area contributed by atoms with Gasteiger partial charge in [-0.15, -0.1) is 11.3 Å². The van der Waals surface area contributed by atoms with Gasteiger partial charge < -0.3 is 5.32 Å². The van der Waals surface area contributed by atoms with Crippen LogP contribution in [0.5, 0.6) is 0 Å². The lowest BCUT2D eigenvalue weighted by Gasteiger charge is -2.04. The summed E-state index contributed by atoms with van der Waals surface area (Å²) in [6.07, 6.45) is 1.82. The predicted octanol–water partition coefficient (Wildman–Crippen LogP) is 3.86. The van der Waals surface area contributed by atoms with Crippen molar-refractivity contribution in [1.29, 1.82) is 0 Å². The van der Waals surface area contributed by atoms with Crippen molar-refractivity contribution in [3.05, 3.63) is 45.1 Å². The molecule has 16 heavy (non-hydrogen) atoms. The lowest BCUT2D eigenvalue weighted by molar-refractivity contribution is 0.628. The minimum absolute atomic E-state index is 0.138. The Balaban J connectivity index is 2.02. The van der Waals surface area contributed by atoms with E-state index in [0.717, 1.165) is 9.88 Å². The number of aryl methyl sites for hydroxylation is 1. The molecule has 0 radical (unpaired) electrons. The molecule has 1 aromatic carbocycles. The van der Waals surface area contributed by atoms with E-state index in [-0.39, 0.29) is 5.02 Å². The number of hydrogen-bond acceptors (Lipinski definition) is 3. The van der Waals surface area contributed by atoms with Gasteiger partial charge in [-0.3, -0.25) is 0 Å². The largest absolute Gasteiger partial charge is 0.380 e. The summed E-state index contributed by atoms with van der Waals surface area (Å²) in [6, 6.07) is 4.67. The van der Waals surface area contributed by atoms with Gasteiger partial charge in [-0.05, 0) is 25.1 Å². The van der Waals surface area contributed by atoms with Crippen molar-refractivity contribution >= 4 is 28.6 Å². The van der Waals surface area contributed by atoms with E-state index in [4.69, 9.17) is 11.6 Å². The summed E-state index contributed by atoms with van der Waals surface area (Å²) < 4.78 is 13.1. The fraction of sp³-hybridized carbons (Fsp3) is 0.182. The van der Waals surface area contributed by atoms with Crippen molar-refractivity contribution < 1.29 is 4.39 Å². The molecule has 1 N–H and O–H groups in total. The average Bonchev–Trinajstić information content (AvgIpc) is 2.66. The molecule has 0 spiro atoms. The highest BCUT2D eigenvalue weighted by molar-refractivity contribution is 7.11. The summed E-state index contributed by atoms with van der Waals surface area (Å²) in [5.41, 5.74) is 0.716. The molecule has 0 aliphatic rings. The van der Waals surface area contributed by atoms with E-state index in [9.17, 15) is 4.39 Å². The molecule has 0 fully saturated rings. The molecule has 0 bridgehead atoms. The maximum atomic E-state index is 13.1. The maximum absolute atomic E-state index is 13.1. The monoisotopic (exact) mass is 256 g/mol. The molecule has 2 nitrogen and oxygen atoms in total. The van der Waals surface area contributed by atoms with Crippen LogP contribution in [0.3, 0.4) is 0 Å². The Kier molecular flexibility index (Phi) is 3.41. The number of halogens is 2. The Hall–Kier alpha value is -1.13. The summed E-state index contributed by atoms with van der Waals surface area (Å²) in [6.45, 7) is 2.60. The highest BCUT2D eigenvalue weighted by Crippen LogP contribution is 2.20. The van der Waals surface area contributed by atoms with Gasteiger partial charge in [0.15, 0.2) is 0 Å². The third-order valence-corrected chi connectivity index (χ3v) is 3.27. The van der Waals surface area contributed by atoms with E-state index in [2.05, 4.69) is 10.3 Å². The molecule has 0 saturated heterocycles. The van der Waals surface area contributed by atoms with Crippen LogP contribution in [0.1, 0.15) is 9.88 Å². The summed E-state index contributed by atoms with van der Waals surface area (Å²) in [7, 11) is 0.